The highest BCUT2D eigenvalue weighted by molar-refractivity contribution is 5.82. The molecule has 0 bridgehead atoms. The molecule has 4 heteroatoms. The number of aldehydes is 1. The average Bonchev–Trinajstić information content (AvgIpc) is 2.83. The Labute approximate surface area is 123 Å². The van der Waals surface area contributed by atoms with E-state index >= 15 is 0 Å². The van der Waals surface area contributed by atoms with E-state index in [1.165, 1.54) is 0 Å². The van der Waals surface area contributed by atoms with Crippen LogP contribution in [0.25, 0.3) is 10.9 Å². The minimum absolute atomic E-state index is 0.339. The maximum absolute atomic E-state index is 11.1. The summed E-state index contributed by atoms with van der Waals surface area (Å²) in [6.45, 7) is 2.29. The molecule has 106 valence electrons. The first kappa shape index (κ1) is 13.4. The number of carbonyl (C=O) groups excluding carboxylic acids is 1. The summed E-state index contributed by atoms with van der Waals surface area (Å²) in [5.41, 5.74) is 3.53. The molecule has 21 heavy (non-hydrogen) atoms. The molecule has 0 amide bonds. The van der Waals surface area contributed by atoms with Crippen molar-refractivity contribution in [2.45, 2.75) is 13.5 Å². The van der Waals surface area contributed by atoms with Crippen LogP contribution in [-0.4, -0.2) is 16.1 Å². The van der Waals surface area contributed by atoms with Gasteiger partial charge in [-0.15, -0.1) is 0 Å². The highest BCUT2D eigenvalue weighted by atomic mass is 16.5. The number of ether oxygens (including phenoxy) is 1. The smallest absolute Gasteiger partial charge is 0.153 e. The van der Waals surface area contributed by atoms with Gasteiger partial charge in [0.05, 0.1) is 11.1 Å². The van der Waals surface area contributed by atoms with Crippen LogP contribution in [0.3, 0.4) is 0 Å². The lowest BCUT2D eigenvalue weighted by atomic mass is 10.1. The number of nitrogens with zero attached hydrogens (tertiary/aromatic N) is 2. The van der Waals surface area contributed by atoms with E-state index < -0.39 is 0 Å². The van der Waals surface area contributed by atoms with Crippen molar-refractivity contribution in [2.75, 3.05) is 0 Å². The van der Waals surface area contributed by atoms with E-state index in [-0.39, 0.29) is 0 Å². The minimum Gasteiger partial charge on any atom is -0.486 e. The number of para-hydroxylation sites is 1. The number of carbonyl (C=O) groups is 1. The molecule has 0 aliphatic rings. The van der Waals surface area contributed by atoms with Crippen LogP contribution in [0.4, 0.5) is 0 Å². The van der Waals surface area contributed by atoms with Gasteiger partial charge in [0, 0.05) is 12.4 Å². The maximum atomic E-state index is 11.1. The maximum Gasteiger partial charge on any atom is 0.153 e. The number of benzene rings is 2. The Morgan fingerprint density at radius 2 is 2.05 bits per heavy atom. The lowest BCUT2D eigenvalue weighted by Gasteiger charge is -2.07. The fourth-order valence-corrected chi connectivity index (χ4v) is 2.43. The van der Waals surface area contributed by atoms with Crippen LogP contribution in [0.5, 0.6) is 5.75 Å². The highest BCUT2D eigenvalue weighted by Gasteiger charge is 2.10. The van der Waals surface area contributed by atoms with Crippen molar-refractivity contribution in [2.24, 2.45) is 7.05 Å². The third-order valence-corrected chi connectivity index (χ3v) is 3.49. The zero-order chi connectivity index (χ0) is 14.8. The molecule has 0 fully saturated rings. The molecule has 0 N–H and O–H groups in total. The van der Waals surface area contributed by atoms with Crippen LogP contribution in [0.1, 0.15) is 21.6 Å². The van der Waals surface area contributed by atoms with E-state index in [9.17, 15) is 4.79 Å². The first-order valence-electron chi connectivity index (χ1n) is 6.78. The Kier molecular flexibility index (Phi) is 3.44. The summed E-state index contributed by atoms with van der Waals surface area (Å²) < 4.78 is 7.62. The van der Waals surface area contributed by atoms with Gasteiger partial charge in [-0.1, -0.05) is 29.8 Å². The number of hydrogen-bond donors (Lipinski definition) is 0. The Morgan fingerprint density at radius 3 is 2.86 bits per heavy atom. The second-order valence-corrected chi connectivity index (χ2v) is 5.04. The molecule has 0 unspecified atom stereocenters. The van der Waals surface area contributed by atoms with Crippen molar-refractivity contribution in [3.05, 3.63) is 59.3 Å². The van der Waals surface area contributed by atoms with Crippen LogP contribution in [0.2, 0.25) is 0 Å². The zero-order valence-corrected chi connectivity index (χ0v) is 12.0. The summed E-state index contributed by atoms with van der Waals surface area (Å²) in [4.78, 5) is 11.1. The van der Waals surface area contributed by atoms with Crippen molar-refractivity contribution in [3.63, 3.8) is 0 Å². The lowest BCUT2D eigenvalue weighted by molar-refractivity contribution is 0.111. The van der Waals surface area contributed by atoms with Gasteiger partial charge in [0.15, 0.2) is 6.29 Å². The van der Waals surface area contributed by atoms with Gasteiger partial charge in [-0.3, -0.25) is 9.48 Å². The summed E-state index contributed by atoms with van der Waals surface area (Å²) >= 11 is 0. The normalized spacial score (nSPS) is 10.8. The van der Waals surface area contributed by atoms with Crippen LogP contribution in [0, 0.1) is 6.92 Å². The fraction of sp³-hybridized carbons (Fsp3) is 0.176. The van der Waals surface area contributed by atoms with E-state index in [4.69, 9.17) is 4.74 Å². The molecule has 0 spiro atoms. The number of aromatic nitrogens is 2. The van der Waals surface area contributed by atoms with Gasteiger partial charge >= 0.3 is 0 Å². The van der Waals surface area contributed by atoms with E-state index in [1.807, 2.05) is 61.1 Å². The molecule has 3 rings (SSSR count). The number of hydrogen-bond acceptors (Lipinski definition) is 3. The van der Waals surface area contributed by atoms with Crippen molar-refractivity contribution < 1.29 is 9.53 Å². The van der Waals surface area contributed by atoms with Gasteiger partial charge in [-0.05, 0) is 25.1 Å². The topological polar surface area (TPSA) is 44.1 Å². The molecule has 1 heterocycles. The highest BCUT2D eigenvalue weighted by Crippen LogP contribution is 2.22. The molecule has 3 aromatic rings. The van der Waals surface area contributed by atoms with E-state index in [2.05, 4.69) is 5.10 Å². The summed E-state index contributed by atoms with van der Waals surface area (Å²) in [7, 11) is 1.91. The van der Waals surface area contributed by atoms with Gasteiger partial charge in [-0.2, -0.15) is 5.10 Å². The third-order valence-electron chi connectivity index (χ3n) is 3.49. The van der Waals surface area contributed by atoms with Gasteiger partial charge in [-0.25, -0.2) is 0 Å². The minimum atomic E-state index is 0.339. The Hall–Kier alpha value is -2.62. The first-order valence-corrected chi connectivity index (χ1v) is 6.78. The van der Waals surface area contributed by atoms with E-state index in [1.54, 1.807) is 0 Å². The van der Waals surface area contributed by atoms with Crippen LogP contribution in [0.15, 0.2) is 42.5 Å². The molecule has 2 aromatic carbocycles. The monoisotopic (exact) mass is 280 g/mol. The molecule has 0 saturated carbocycles. The average molecular weight is 280 g/mol. The molecule has 4 nitrogen and oxygen atoms in total. The van der Waals surface area contributed by atoms with Crippen LogP contribution >= 0.6 is 0 Å². The number of rotatable bonds is 4. The van der Waals surface area contributed by atoms with Crippen LogP contribution in [-0.2, 0) is 13.7 Å². The Bertz CT molecular complexity index is 806. The van der Waals surface area contributed by atoms with Crippen molar-refractivity contribution in [1.82, 2.24) is 9.78 Å². The lowest BCUT2D eigenvalue weighted by Crippen LogP contribution is -2.00. The molecule has 0 aliphatic heterocycles. The summed E-state index contributed by atoms with van der Waals surface area (Å²) in [5.74, 6) is 0.588. The van der Waals surface area contributed by atoms with Crippen molar-refractivity contribution >= 4 is 17.2 Å². The van der Waals surface area contributed by atoms with Crippen molar-refractivity contribution in [1.29, 1.82) is 0 Å². The van der Waals surface area contributed by atoms with Crippen molar-refractivity contribution in [3.8, 4) is 5.75 Å². The summed E-state index contributed by atoms with van der Waals surface area (Å²) in [6, 6.07) is 13.6. The first-order chi connectivity index (χ1) is 10.2. The molecule has 0 radical (unpaired) electrons. The fourth-order valence-electron chi connectivity index (χ4n) is 2.43. The second-order valence-electron chi connectivity index (χ2n) is 5.04. The molecular weight excluding hydrogens is 264 g/mol. The predicted molar refractivity (Wildman–Crippen MR) is 81.6 cm³/mol. The Balaban J connectivity index is 1.89. The number of fused-ring (bicyclic) bond motifs is 1. The van der Waals surface area contributed by atoms with E-state index in [0.29, 0.717) is 17.9 Å². The third kappa shape index (κ3) is 2.52. The molecular formula is C17H16N2O2. The number of aryl methyl sites for hydroxylation is 2. The van der Waals surface area contributed by atoms with Gasteiger partial charge < -0.3 is 4.74 Å². The molecule has 0 atom stereocenters. The second kappa shape index (κ2) is 5.40. The van der Waals surface area contributed by atoms with E-state index in [0.717, 1.165) is 28.4 Å². The van der Waals surface area contributed by atoms with Crippen LogP contribution < -0.4 is 4.74 Å². The predicted octanol–water partition coefficient (Wildman–Crippen LogP) is 3.27. The van der Waals surface area contributed by atoms with Gasteiger partial charge in [0.1, 0.15) is 18.1 Å². The largest absolute Gasteiger partial charge is 0.486 e. The zero-order valence-electron chi connectivity index (χ0n) is 12.0. The summed E-state index contributed by atoms with van der Waals surface area (Å²) in [6.07, 6.45) is 0.818. The SMILES string of the molecule is Cc1ccc(OCc2nn(C)c3ccccc23)c(C=O)c1. The molecule has 0 saturated heterocycles. The van der Waals surface area contributed by atoms with Gasteiger partial charge in [0.2, 0.25) is 0 Å². The molecule has 1 aromatic heterocycles. The van der Waals surface area contributed by atoms with Gasteiger partial charge in [0.25, 0.3) is 0 Å². The quantitative estimate of drug-likeness (QED) is 0.689. The standard InChI is InChI=1S/C17H16N2O2/c1-12-7-8-17(13(9-12)10-20)21-11-15-14-5-3-4-6-16(14)19(2)18-15/h3-10H,11H2,1-2H3. The molecule has 0 aliphatic carbocycles. The summed E-state index contributed by atoms with van der Waals surface area (Å²) in [5, 5.41) is 5.55. The Morgan fingerprint density at radius 1 is 1.24 bits per heavy atom.